The van der Waals surface area contributed by atoms with Crippen molar-refractivity contribution in [1.82, 2.24) is 0 Å². The van der Waals surface area contributed by atoms with E-state index in [0.717, 1.165) is 11.1 Å². The van der Waals surface area contributed by atoms with Gasteiger partial charge in [0, 0.05) is 0 Å². The molecule has 1 heterocycles. The van der Waals surface area contributed by atoms with Crippen molar-refractivity contribution in [3.63, 3.8) is 0 Å². The van der Waals surface area contributed by atoms with Crippen molar-refractivity contribution in [2.24, 2.45) is 0 Å². The van der Waals surface area contributed by atoms with Crippen molar-refractivity contribution in [2.45, 2.75) is 90.1 Å². The van der Waals surface area contributed by atoms with Crippen LogP contribution in [0.4, 0.5) is 0 Å². The van der Waals surface area contributed by atoms with E-state index in [4.69, 9.17) is 0 Å². The molecule has 2 heteroatoms. The van der Waals surface area contributed by atoms with Crippen LogP contribution in [0.25, 0.3) is 0 Å². The minimum absolute atomic E-state index is 0. The Kier molecular flexibility index (Phi) is 12.4. The van der Waals surface area contributed by atoms with E-state index in [9.17, 15) is 0 Å². The van der Waals surface area contributed by atoms with Crippen LogP contribution in [0, 0.1) is 12.2 Å². The van der Waals surface area contributed by atoms with E-state index >= 15 is 0 Å². The fourth-order valence-electron chi connectivity index (χ4n) is 4.15. The normalized spacial score (nSPS) is 21.8. The molecule has 0 aromatic heterocycles. The van der Waals surface area contributed by atoms with E-state index in [1.807, 2.05) is 12.1 Å². The SMILES string of the molecule is C1CCCC1.C1CCCC1.CC(C)(C)P1C(=[C-]c2ccccc2)C1=[C-]c1ccccc1.[Zr+4]. The zero-order chi connectivity index (χ0) is 21.9. The Morgan fingerprint density at radius 2 is 0.812 bits per heavy atom. The minimum atomic E-state index is -0.255. The van der Waals surface area contributed by atoms with Crippen LogP contribution in [0.1, 0.15) is 96.1 Å². The molecule has 2 saturated carbocycles. The topological polar surface area (TPSA) is 0 Å². The zero-order valence-electron chi connectivity index (χ0n) is 20.3. The molecular weight excluding hydrogens is 483 g/mol. The van der Waals surface area contributed by atoms with Gasteiger partial charge >= 0.3 is 26.2 Å². The summed E-state index contributed by atoms with van der Waals surface area (Å²) in [6, 6.07) is 20.8. The van der Waals surface area contributed by atoms with Gasteiger partial charge in [0.1, 0.15) is 0 Å². The molecule has 1 aliphatic heterocycles. The molecular formula is C30H39PZr+2. The molecule has 0 nitrogen and oxygen atoms in total. The number of hydrogen-bond donors (Lipinski definition) is 0. The van der Waals surface area contributed by atoms with Crippen LogP contribution < -0.4 is 0 Å². The second-order valence-electron chi connectivity index (χ2n) is 9.72. The van der Waals surface area contributed by atoms with Crippen molar-refractivity contribution < 1.29 is 26.2 Å². The van der Waals surface area contributed by atoms with E-state index < -0.39 is 0 Å². The summed E-state index contributed by atoms with van der Waals surface area (Å²) in [5.74, 6) is 0. The third-order valence-electron chi connectivity index (χ3n) is 5.87. The molecule has 1 saturated heterocycles. The molecule has 0 radical (unpaired) electrons. The van der Waals surface area contributed by atoms with Crippen LogP contribution in [0.2, 0.25) is 0 Å². The van der Waals surface area contributed by atoms with Gasteiger partial charge in [0.05, 0.1) is 0 Å². The predicted molar refractivity (Wildman–Crippen MR) is 137 cm³/mol. The first-order valence-electron chi connectivity index (χ1n) is 12.2. The van der Waals surface area contributed by atoms with E-state index in [2.05, 4.69) is 81.5 Å². The summed E-state index contributed by atoms with van der Waals surface area (Å²) >= 11 is 0. The molecule has 3 fully saturated rings. The molecule has 2 aliphatic carbocycles. The quantitative estimate of drug-likeness (QED) is 0.272. The summed E-state index contributed by atoms with van der Waals surface area (Å²) in [7, 11) is -0.255. The summed E-state index contributed by atoms with van der Waals surface area (Å²) in [4.78, 5) is 0. The summed E-state index contributed by atoms with van der Waals surface area (Å²) in [6.45, 7) is 6.93. The van der Waals surface area contributed by atoms with Gasteiger partial charge in [0.15, 0.2) is 0 Å². The van der Waals surface area contributed by atoms with Crippen LogP contribution in [0.3, 0.4) is 0 Å². The molecule has 0 amide bonds. The molecule has 0 N–H and O–H groups in total. The van der Waals surface area contributed by atoms with E-state index in [0.29, 0.717) is 0 Å². The van der Waals surface area contributed by atoms with E-state index in [1.54, 1.807) is 0 Å². The average Bonchev–Trinajstić information content (AvgIpc) is 3.28. The first-order chi connectivity index (χ1) is 15.1. The van der Waals surface area contributed by atoms with Gasteiger partial charge in [-0.05, 0) is 5.16 Å². The molecule has 32 heavy (non-hydrogen) atoms. The van der Waals surface area contributed by atoms with Gasteiger partial charge in [-0.3, -0.25) is 0 Å². The summed E-state index contributed by atoms with van der Waals surface area (Å²) in [5.41, 5.74) is 2.32. The monoisotopic (exact) mass is 520 g/mol. The summed E-state index contributed by atoms with van der Waals surface area (Å²) < 4.78 is 0. The number of benzene rings is 2. The Hall–Kier alpha value is -0.767. The molecule has 0 bridgehead atoms. The zero-order valence-corrected chi connectivity index (χ0v) is 23.6. The largest absolute Gasteiger partial charge is 4.00 e. The van der Waals surface area contributed by atoms with Gasteiger partial charge in [-0.1, -0.05) is 97.1 Å². The van der Waals surface area contributed by atoms with Gasteiger partial charge in [-0.2, -0.15) is 41.8 Å². The fourth-order valence-corrected chi connectivity index (χ4v) is 6.56. The van der Waals surface area contributed by atoms with E-state index in [-0.39, 0.29) is 39.3 Å². The molecule has 166 valence electrons. The Balaban J connectivity index is 0.000000271. The van der Waals surface area contributed by atoms with Crippen molar-refractivity contribution >= 4 is 7.92 Å². The Morgan fingerprint density at radius 3 is 1.06 bits per heavy atom. The fraction of sp³-hybridized carbons (Fsp3) is 0.467. The summed E-state index contributed by atoms with van der Waals surface area (Å²) in [6.07, 6.45) is 22.2. The van der Waals surface area contributed by atoms with Crippen LogP contribution >= 0.6 is 7.92 Å². The van der Waals surface area contributed by atoms with Gasteiger partial charge < -0.3 is 0 Å². The smallest absolute Gasteiger partial charge is 0.186 e. The predicted octanol–water partition coefficient (Wildman–Crippen LogP) is 9.65. The molecule has 0 unspecified atom stereocenters. The Bertz CT molecular complexity index is 741. The van der Waals surface area contributed by atoms with Gasteiger partial charge in [0.25, 0.3) is 0 Å². The van der Waals surface area contributed by atoms with Crippen molar-refractivity contribution in [3.05, 3.63) is 94.6 Å². The first kappa shape index (κ1) is 27.5. The van der Waals surface area contributed by atoms with Crippen LogP contribution in [-0.4, -0.2) is 5.16 Å². The molecule has 3 aliphatic rings. The second kappa shape index (κ2) is 14.5. The molecule has 2 aromatic carbocycles. The van der Waals surface area contributed by atoms with Crippen LogP contribution in [-0.2, 0) is 26.2 Å². The number of allylic oxidation sites excluding steroid dienone is 2. The van der Waals surface area contributed by atoms with Crippen molar-refractivity contribution in [2.75, 3.05) is 0 Å². The average molecular weight is 522 g/mol. The van der Waals surface area contributed by atoms with Crippen molar-refractivity contribution in [3.8, 4) is 0 Å². The van der Waals surface area contributed by atoms with Crippen LogP contribution in [0.5, 0.6) is 0 Å². The Morgan fingerprint density at radius 1 is 0.531 bits per heavy atom. The number of hydrogen-bond acceptors (Lipinski definition) is 0. The van der Waals surface area contributed by atoms with Gasteiger partial charge in [-0.25, -0.2) is 0 Å². The summed E-state index contributed by atoms with van der Waals surface area (Å²) in [5, 5.41) is 3.02. The maximum atomic E-state index is 3.59. The standard InChI is InChI=1S/C20H19P.2C5H10.Zr/c1-20(2,3)21-18(14-16-10-6-4-7-11-16)19(21)15-17-12-8-5-9-13-17;2*1-2-4-5-3-1;/h4-13H,1-3H3;2*1-5H2;/q-2;;;+4. The van der Waals surface area contributed by atoms with Crippen molar-refractivity contribution in [1.29, 1.82) is 0 Å². The molecule has 2 aromatic rings. The molecule has 0 spiro atoms. The van der Waals surface area contributed by atoms with Gasteiger partial charge in [-0.15, -0.1) is 48.5 Å². The van der Waals surface area contributed by atoms with E-state index in [1.165, 1.54) is 74.8 Å². The minimum Gasteiger partial charge on any atom is -0.186 e. The van der Waals surface area contributed by atoms with Gasteiger partial charge in [0.2, 0.25) is 0 Å². The third kappa shape index (κ3) is 9.61. The van der Waals surface area contributed by atoms with Crippen LogP contribution in [0.15, 0.2) is 71.3 Å². The Labute approximate surface area is 217 Å². The number of rotatable bonds is 2. The molecule has 5 rings (SSSR count). The molecule has 0 atom stereocenters. The maximum absolute atomic E-state index is 3.59. The maximum Gasteiger partial charge on any atom is 4.00 e. The third-order valence-corrected chi connectivity index (χ3v) is 8.55. The second-order valence-corrected chi connectivity index (χ2v) is 12.6. The first-order valence-corrected chi connectivity index (χ1v) is 13.6.